The molecule has 3 rings (SSSR count). The summed E-state index contributed by atoms with van der Waals surface area (Å²) < 4.78 is 0. The molecule has 0 atom stereocenters. The Hall–Kier alpha value is -2.99. The van der Waals surface area contributed by atoms with E-state index in [4.69, 9.17) is 0 Å². The van der Waals surface area contributed by atoms with Gasteiger partial charge in [-0.25, -0.2) is 9.97 Å². The maximum absolute atomic E-state index is 9.49. The summed E-state index contributed by atoms with van der Waals surface area (Å²) in [4.78, 5) is 8.54. The maximum Gasteiger partial charge on any atom is 0.116 e. The Kier molecular flexibility index (Phi) is 3.22. The van der Waals surface area contributed by atoms with Crippen LogP contribution in [0.15, 0.2) is 67.0 Å². The van der Waals surface area contributed by atoms with Crippen LogP contribution < -0.4 is 0 Å². The molecule has 3 nitrogen and oxygen atoms in total. The summed E-state index contributed by atoms with van der Waals surface area (Å²) in [5, 5.41) is 9.49. The number of nitrogens with zero attached hydrogens (tertiary/aromatic N) is 3. The standard InChI is InChI=1S/C17H11N3/c18-11-15-16(13-7-3-1-4-8-13)19-12-20-17(15)14-9-5-2-6-10-14/h1-10,12H. The molecule has 0 fully saturated rings. The topological polar surface area (TPSA) is 49.6 Å². The zero-order chi connectivity index (χ0) is 13.8. The molecule has 3 heteroatoms. The molecule has 0 amide bonds. The lowest BCUT2D eigenvalue weighted by atomic mass is 10.0. The van der Waals surface area contributed by atoms with Crippen LogP contribution in [-0.2, 0) is 0 Å². The number of benzene rings is 2. The summed E-state index contributed by atoms with van der Waals surface area (Å²) in [6.45, 7) is 0. The Morgan fingerprint density at radius 1 is 0.700 bits per heavy atom. The predicted molar refractivity (Wildman–Crippen MR) is 77.6 cm³/mol. The second-order valence-corrected chi connectivity index (χ2v) is 4.29. The molecule has 0 aliphatic heterocycles. The highest BCUT2D eigenvalue weighted by Crippen LogP contribution is 2.27. The van der Waals surface area contributed by atoms with Gasteiger partial charge in [-0.05, 0) is 0 Å². The second kappa shape index (κ2) is 5.33. The first-order chi connectivity index (χ1) is 9.90. The number of hydrogen-bond acceptors (Lipinski definition) is 3. The number of rotatable bonds is 2. The van der Waals surface area contributed by atoms with Gasteiger partial charge in [-0.3, -0.25) is 0 Å². The molecule has 0 spiro atoms. The summed E-state index contributed by atoms with van der Waals surface area (Å²) in [6.07, 6.45) is 1.51. The van der Waals surface area contributed by atoms with E-state index in [-0.39, 0.29) is 0 Å². The van der Waals surface area contributed by atoms with E-state index in [1.807, 2.05) is 60.7 Å². The van der Waals surface area contributed by atoms with E-state index >= 15 is 0 Å². The van der Waals surface area contributed by atoms with E-state index in [0.717, 1.165) is 11.1 Å². The average molecular weight is 257 g/mol. The Morgan fingerprint density at radius 3 is 1.55 bits per heavy atom. The largest absolute Gasteiger partial charge is 0.235 e. The Labute approximate surface area is 117 Å². The lowest BCUT2D eigenvalue weighted by Crippen LogP contribution is -1.96. The van der Waals surface area contributed by atoms with Crippen molar-refractivity contribution in [2.45, 2.75) is 0 Å². The van der Waals surface area contributed by atoms with Crippen molar-refractivity contribution in [2.75, 3.05) is 0 Å². The van der Waals surface area contributed by atoms with Crippen molar-refractivity contribution in [3.8, 4) is 28.6 Å². The van der Waals surface area contributed by atoms with Crippen LogP contribution in [0.4, 0.5) is 0 Å². The SMILES string of the molecule is N#Cc1c(-c2ccccc2)ncnc1-c1ccccc1. The lowest BCUT2D eigenvalue weighted by molar-refractivity contribution is 1.16. The minimum Gasteiger partial charge on any atom is -0.235 e. The van der Waals surface area contributed by atoms with Gasteiger partial charge >= 0.3 is 0 Å². The first-order valence-corrected chi connectivity index (χ1v) is 6.26. The molecular formula is C17H11N3. The Morgan fingerprint density at radius 2 is 1.15 bits per heavy atom. The van der Waals surface area contributed by atoms with Gasteiger partial charge in [-0.15, -0.1) is 0 Å². The number of aromatic nitrogens is 2. The molecule has 0 N–H and O–H groups in total. The van der Waals surface area contributed by atoms with Gasteiger partial charge < -0.3 is 0 Å². The van der Waals surface area contributed by atoms with Crippen LogP contribution in [-0.4, -0.2) is 9.97 Å². The van der Waals surface area contributed by atoms with Crippen LogP contribution >= 0.6 is 0 Å². The number of hydrogen-bond donors (Lipinski definition) is 0. The van der Waals surface area contributed by atoms with E-state index in [0.29, 0.717) is 17.0 Å². The molecule has 0 unspecified atom stereocenters. The first-order valence-electron chi connectivity index (χ1n) is 6.26. The molecule has 2 aromatic carbocycles. The zero-order valence-corrected chi connectivity index (χ0v) is 10.7. The summed E-state index contributed by atoms with van der Waals surface area (Å²) in [6, 6.07) is 21.6. The van der Waals surface area contributed by atoms with Crippen molar-refractivity contribution in [3.63, 3.8) is 0 Å². The highest BCUT2D eigenvalue weighted by atomic mass is 14.8. The predicted octanol–water partition coefficient (Wildman–Crippen LogP) is 3.68. The highest BCUT2D eigenvalue weighted by molar-refractivity contribution is 5.76. The molecule has 1 heterocycles. The second-order valence-electron chi connectivity index (χ2n) is 4.29. The fraction of sp³-hybridized carbons (Fsp3) is 0. The lowest BCUT2D eigenvalue weighted by Gasteiger charge is -2.07. The fourth-order valence-corrected chi connectivity index (χ4v) is 2.12. The molecule has 0 radical (unpaired) electrons. The van der Waals surface area contributed by atoms with Gasteiger partial charge in [0, 0.05) is 11.1 Å². The fourth-order valence-electron chi connectivity index (χ4n) is 2.12. The Bertz CT molecular complexity index is 701. The van der Waals surface area contributed by atoms with Gasteiger partial charge in [0.1, 0.15) is 18.0 Å². The van der Waals surface area contributed by atoms with Gasteiger partial charge in [-0.2, -0.15) is 5.26 Å². The van der Waals surface area contributed by atoms with Crippen LogP contribution in [0, 0.1) is 11.3 Å². The summed E-state index contributed by atoms with van der Waals surface area (Å²) in [5.41, 5.74) is 3.68. The molecule has 3 aromatic rings. The van der Waals surface area contributed by atoms with Gasteiger partial charge in [0.2, 0.25) is 0 Å². The average Bonchev–Trinajstić information content (AvgIpc) is 2.55. The van der Waals surface area contributed by atoms with Crippen LogP contribution in [0.2, 0.25) is 0 Å². The van der Waals surface area contributed by atoms with Gasteiger partial charge in [0.15, 0.2) is 0 Å². The molecule has 0 aliphatic rings. The monoisotopic (exact) mass is 257 g/mol. The summed E-state index contributed by atoms with van der Waals surface area (Å²) in [7, 11) is 0. The van der Waals surface area contributed by atoms with Gasteiger partial charge in [0.05, 0.1) is 11.4 Å². The van der Waals surface area contributed by atoms with Gasteiger partial charge in [-0.1, -0.05) is 60.7 Å². The van der Waals surface area contributed by atoms with E-state index in [1.165, 1.54) is 6.33 Å². The van der Waals surface area contributed by atoms with Crippen LogP contribution in [0.5, 0.6) is 0 Å². The highest BCUT2D eigenvalue weighted by Gasteiger charge is 2.13. The zero-order valence-electron chi connectivity index (χ0n) is 10.7. The number of nitriles is 1. The molecule has 1 aromatic heterocycles. The van der Waals surface area contributed by atoms with Crippen molar-refractivity contribution in [1.82, 2.24) is 9.97 Å². The Balaban J connectivity index is 2.22. The van der Waals surface area contributed by atoms with Crippen molar-refractivity contribution in [1.29, 1.82) is 5.26 Å². The molecule has 94 valence electrons. The van der Waals surface area contributed by atoms with Gasteiger partial charge in [0.25, 0.3) is 0 Å². The van der Waals surface area contributed by atoms with Crippen molar-refractivity contribution < 1.29 is 0 Å². The third kappa shape index (κ3) is 2.15. The molecule has 20 heavy (non-hydrogen) atoms. The minimum atomic E-state index is 0.505. The minimum absolute atomic E-state index is 0.505. The van der Waals surface area contributed by atoms with Crippen LogP contribution in [0.1, 0.15) is 5.56 Å². The third-order valence-corrected chi connectivity index (χ3v) is 3.05. The smallest absolute Gasteiger partial charge is 0.116 e. The van der Waals surface area contributed by atoms with Crippen molar-refractivity contribution >= 4 is 0 Å². The first kappa shape index (κ1) is 12.1. The molecular weight excluding hydrogens is 246 g/mol. The van der Waals surface area contributed by atoms with E-state index in [1.54, 1.807) is 0 Å². The third-order valence-electron chi connectivity index (χ3n) is 3.05. The van der Waals surface area contributed by atoms with E-state index in [9.17, 15) is 5.26 Å². The molecule has 0 aliphatic carbocycles. The maximum atomic E-state index is 9.49. The van der Waals surface area contributed by atoms with Crippen LogP contribution in [0.3, 0.4) is 0 Å². The van der Waals surface area contributed by atoms with E-state index < -0.39 is 0 Å². The molecule has 0 bridgehead atoms. The summed E-state index contributed by atoms with van der Waals surface area (Å²) in [5.74, 6) is 0. The quantitative estimate of drug-likeness (QED) is 0.703. The molecule has 0 saturated carbocycles. The van der Waals surface area contributed by atoms with Crippen molar-refractivity contribution in [3.05, 3.63) is 72.6 Å². The summed E-state index contributed by atoms with van der Waals surface area (Å²) >= 11 is 0. The van der Waals surface area contributed by atoms with E-state index in [2.05, 4.69) is 16.0 Å². The van der Waals surface area contributed by atoms with Crippen LogP contribution in [0.25, 0.3) is 22.5 Å². The molecule has 0 saturated heterocycles. The van der Waals surface area contributed by atoms with Crippen molar-refractivity contribution in [2.24, 2.45) is 0 Å². The normalized spacial score (nSPS) is 9.95.